The molecular formula is C21H20N2O5. The van der Waals surface area contributed by atoms with Gasteiger partial charge in [-0.1, -0.05) is 12.1 Å². The van der Waals surface area contributed by atoms with E-state index in [-0.39, 0.29) is 25.5 Å². The molecule has 1 heterocycles. The fourth-order valence-electron chi connectivity index (χ4n) is 3.05. The SMILES string of the molecule is COc1ccc(N2C[C@@H](C(=O)OCc3ccc(C#N)cc3)CC2=O)c(OC)c1. The van der Waals surface area contributed by atoms with Crippen molar-refractivity contribution in [1.29, 1.82) is 5.26 Å². The van der Waals surface area contributed by atoms with E-state index in [0.29, 0.717) is 22.7 Å². The minimum atomic E-state index is -0.544. The van der Waals surface area contributed by atoms with Crippen molar-refractivity contribution in [3.05, 3.63) is 53.6 Å². The first-order valence-electron chi connectivity index (χ1n) is 8.73. The van der Waals surface area contributed by atoms with E-state index >= 15 is 0 Å². The highest BCUT2D eigenvalue weighted by atomic mass is 16.5. The number of methoxy groups -OCH3 is 2. The number of carbonyl (C=O) groups excluding carboxylic acids is 2. The lowest BCUT2D eigenvalue weighted by Gasteiger charge is -2.20. The number of carbonyl (C=O) groups is 2. The van der Waals surface area contributed by atoms with Gasteiger partial charge in [-0.25, -0.2) is 0 Å². The maximum Gasteiger partial charge on any atom is 0.311 e. The van der Waals surface area contributed by atoms with Gasteiger partial charge in [0.1, 0.15) is 18.1 Å². The molecule has 7 heteroatoms. The van der Waals surface area contributed by atoms with Crippen LogP contribution in [0.1, 0.15) is 17.5 Å². The fraction of sp³-hybridized carbons (Fsp3) is 0.286. The number of esters is 1. The van der Waals surface area contributed by atoms with Crippen LogP contribution in [0.15, 0.2) is 42.5 Å². The van der Waals surface area contributed by atoms with Crippen LogP contribution in [0.2, 0.25) is 0 Å². The summed E-state index contributed by atoms with van der Waals surface area (Å²) in [6.45, 7) is 0.328. The van der Waals surface area contributed by atoms with Crippen LogP contribution in [0.3, 0.4) is 0 Å². The van der Waals surface area contributed by atoms with Crippen LogP contribution in [0.4, 0.5) is 5.69 Å². The third-order valence-corrected chi connectivity index (χ3v) is 4.60. The topological polar surface area (TPSA) is 88.9 Å². The van der Waals surface area contributed by atoms with Crippen LogP contribution in [0, 0.1) is 17.2 Å². The van der Waals surface area contributed by atoms with Crippen molar-refractivity contribution in [2.45, 2.75) is 13.0 Å². The molecule has 7 nitrogen and oxygen atoms in total. The summed E-state index contributed by atoms with van der Waals surface area (Å²) in [5.74, 6) is -0.0147. The minimum absolute atomic E-state index is 0.0847. The Balaban J connectivity index is 1.65. The molecule has 1 atom stereocenters. The largest absolute Gasteiger partial charge is 0.497 e. The average Bonchev–Trinajstić information content (AvgIpc) is 3.13. The second-order valence-corrected chi connectivity index (χ2v) is 6.36. The third kappa shape index (κ3) is 4.07. The Bertz CT molecular complexity index is 917. The number of benzene rings is 2. The zero-order valence-electron chi connectivity index (χ0n) is 15.7. The van der Waals surface area contributed by atoms with Crippen LogP contribution in [-0.2, 0) is 20.9 Å². The fourth-order valence-corrected chi connectivity index (χ4v) is 3.05. The van der Waals surface area contributed by atoms with E-state index < -0.39 is 11.9 Å². The van der Waals surface area contributed by atoms with Crippen LogP contribution >= 0.6 is 0 Å². The molecule has 144 valence electrons. The summed E-state index contributed by atoms with van der Waals surface area (Å²) in [4.78, 5) is 26.4. The van der Waals surface area contributed by atoms with Gasteiger partial charge in [0.2, 0.25) is 5.91 Å². The number of anilines is 1. The van der Waals surface area contributed by atoms with Gasteiger partial charge in [-0.05, 0) is 29.8 Å². The molecule has 1 fully saturated rings. The van der Waals surface area contributed by atoms with Crippen molar-refractivity contribution in [1.82, 2.24) is 0 Å². The molecule has 2 aromatic rings. The highest BCUT2D eigenvalue weighted by Gasteiger charge is 2.37. The number of nitriles is 1. The highest BCUT2D eigenvalue weighted by Crippen LogP contribution is 2.36. The third-order valence-electron chi connectivity index (χ3n) is 4.60. The summed E-state index contributed by atoms with van der Waals surface area (Å²) in [5.41, 5.74) is 1.92. The second-order valence-electron chi connectivity index (χ2n) is 6.36. The molecule has 0 radical (unpaired) electrons. The molecule has 2 aromatic carbocycles. The molecule has 0 aromatic heterocycles. The standard InChI is InChI=1S/C21H20N2O5/c1-26-17-7-8-18(19(10-17)27-2)23-12-16(9-20(23)24)21(25)28-13-15-5-3-14(11-22)4-6-15/h3-8,10,16H,9,12-13H2,1-2H3/t16-/m0/s1. The first kappa shape index (κ1) is 19.2. The maximum absolute atomic E-state index is 12.5. The monoisotopic (exact) mass is 380 g/mol. The maximum atomic E-state index is 12.5. The van der Waals surface area contributed by atoms with E-state index in [1.165, 1.54) is 12.0 Å². The van der Waals surface area contributed by atoms with Gasteiger partial charge < -0.3 is 19.1 Å². The van der Waals surface area contributed by atoms with Gasteiger partial charge in [-0.2, -0.15) is 5.26 Å². The Kier molecular flexibility index (Phi) is 5.80. The van der Waals surface area contributed by atoms with E-state index in [0.717, 1.165) is 5.56 Å². The van der Waals surface area contributed by atoms with Crippen LogP contribution in [0.5, 0.6) is 11.5 Å². The van der Waals surface area contributed by atoms with Crippen molar-refractivity contribution in [2.24, 2.45) is 5.92 Å². The van der Waals surface area contributed by atoms with E-state index in [4.69, 9.17) is 19.5 Å². The molecule has 1 saturated heterocycles. The van der Waals surface area contributed by atoms with Crippen molar-refractivity contribution in [3.8, 4) is 17.6 Å². The molecule has 0 unspecified atom stereocenters. The molecule has 0 bridgehead atoms. The van der Waals surface area contributed by atoms with Gasteiger partial charge in [0.05, 0.1) is 37.5 Å². The summed E-state index contributed by atoms with van der Waals surface area (Å²) in [6, 6.07) is 14.0. The van der Waals surface area contributed by atoms with Gasteiger partial charge in [0, 0.05) is 19.0 Å². The molecular weight excluding hydrogens is 360 g/mol. The Labute approximate surface area is 163 Å². The number of rotatable bonds is 6. The van der Waals surface area contributed by atoms with E-state index in [1.54, 1.807) is 49.6 Å². The molecule has 3 rings (SSSR count). The quantitative estimate of drug-likeness (QED) is 0.716. The van der Waals surface area contributed by atoms with E-state index in [1.807, 2.05) is 6.07 Å². The molecule has 0 saturated carbocycles. The first-order chi connectivity index (χ1) is 13.5. The summed E-state index contributed by atoms with van der Waals surface area (Å²) >= 11 is 0. The van der Waals surface area contributed by atoms with Crippen molar-refractivity contribution in [2.75, 3.05) is 25.7 Å². The zero-order valence-corrected chi connectivity index (χ0v) is 15.7. The molecule has 0 aliphatic carbocycles. The predicted molar refractivity (Wildman–Crippen MR) is 101 cm³/mol. The summed E-state index contributed by atoms with van der Waals surface area (Å²) in [5, 5.41) is 8.81. The second kappa shape index (κ2) is 8.44. The molecule has 0 spiro atoms. The van der Waals surface area contributed by atoms with E-state index in [2.05, 4.69) is 0 Å². The normalized spacial score (nSPS) is 15.8. The Morgan fingerprint density at radius 2 is 1.93 bits per heavy atom. The number of amides is 1. The average molecular weight is 380 g/mol. The van der Waals surface area contributed by atoms with Gasteiger partial charge in [0.15, 0.2) is 0 Å². The Morgan fingerprint density at radius 3 is 2.57 bits per heavy atom. The zero-order chi connectivity index (χ0) is 20.1. The summed E-state index contributed by atoms with van der Waals surface area (Å²) in [6.07, 6.45) is 0.0847. The molecule has 1 aliphatic heterocycles. The number of hydrogen-bond acceptors (Lipinski definition) is 6. The first-order valence-corrected chi connectivity index (χ1v) is 8.73. The van der Waals surface area contributed by atoms with Crippen LogP contribution in [0.25, 0.3) is 0 Å². The molecule has 28 heavy (non-hydrogen) atoms. The van der Waals surface area contributed by atoms with Crippen molar-refractivity contribution in [3.63, 3.8) is 0 Å². The van der Waals surface area contributed by atoms with Crippen molar-refractivity contribution < 1.29 is 23.8 Å². The van der Waals surface area contributed by atoms with Gasteiger partial charge in [-0.15, -0.1) is 0 Å². The highest BCUT2D eigenvalue weighted by molar-refractivity contribution is 6.00. The number of hydrogen-bond donors (Lipinski definition) is 0. The summed E-state index contributed by atoms with van der Waals surface area (Å²) < 4.78 is 15.9. The molecule has 0 N–H and O–H groups in total. The number of nitrogens with zero attached hydrogens (tertiary/aromatic N) is 2. The van der Waals surface area contributed by atoms with Gasteiger partial charge in [-0.3, -0.25) is 9.59 Å². The lowest BCUT2D eigenvalue weighted by molar-refractivity contribution is -0.149. The Morgan fingerprint density at radius 1 is 1.18 bits per heavy atom. The van der Waals surface area contributed by atoms with Gasteiger partial charge >= 0.3 is 5.97 Å². The number of ether oxygens (including phenoxy) is 3. The lowest BCUT2D eigenvalue weighted by atomic mass is 10.1. The van der Waals surface area contributed by atoms with Crippen LogP contribution in [-0.4, -0.2) is 32.6 Å². The van der Waals surface area contributed by atoms with E-state index in [9.17, 15) is 9.59 Å². The van der Waals surface area contributed by atoms with Gasteiger partial charge in [0.25, 0.3) is 0 Å². The van der Waals surface area contributed by atoms with Crippen molar-refractivity contribution >= 4 is 17.6 Å². The minimum Gasteiger partial charge on any atom is -0.497 e. The smallest absolute Gasteiger partial charge is 0.311 e. The Hall–Kier alpha value is -3.53. The molecule has 1 amide bonds. The van der Waals surface area contributed by atoms with Crippen LogP contribution < -0.4 is 14.4 Å². The lowest BCUT2D eigenvalue weighted by Crippen LogP contribution is -2.26. The molecule has 1 aliphatic rings. The predicted octanol–water partition coefficient (Wildman–Crippen LogP) is 2.67. The summed E-state index contributed by atoms with van der Waals surface area (Å²) in [7, 11) is 3.07.